The molecule has 7 atom stereocenters. The fraction of sp³-hybridized carbons (Fsp3) is 0.545. The smallest absolute Gasteiger partial charge is 0.323 e. The second-order valence-corrected chi connectivity index (χ2v) is 13.6. The zero-order valence-corrected chi connectivity index (χ0v) is 22.6. The molecule has 0 amide bonds. The molecule has 2 aromatic carbocycles. The number of rotatable bonds is 6. The van der Waals surface area contributed by atoms with Gasteiger partial charge in [0.15, 0.2) is 0 Å². The Labute approximate surface area is 225 Å². The van der Waals surface area contributed by atoms with Gasteiger partial charge in [-0.05, 0) is 97.4 Å². The largest absolute Gasteiger partial charge is 0.468 e. The van der Waals surface area contributed by atoms with Crippen LogP contribution in [0.4, 0.5) is 5.69 Å². The molecule has 5 nitrogen and oxygen atoms in total. The Morgan fingerprint density at radius 3 is 2.68 bits per heavy atom. The molecule has 4 saturated carbocycles. The number of hydrogen-bond donors (Lipinski definition) is 3. The summed E-state index contributed by atoms with van der Waals surface area (Å²) in [7, 11) is 1.47. The zero-order valence-electron chi connectivity index (χ0n) is 22.6. The van der Waals surface area contributed by atoms with Gasteiger partial charge in [-0.25, -0.2) is 0 Å². The van der Waals surface area contributed by atoms with Crippen LogP contribution >= 0.6 is 0 Å². The van der Waals surface area contributed by atoms with E-state index in [1.807, 2.05) is 0 Å². The Morgan fingerprint density at radius 1 is 1.08 bits per heavy atom. The Morgan fingerprint density at radius 2 is 1.89 bits per heavy atom. The van der Waals surface area contributed by atoms with E-state index in [0.29, 0.717) is 11.8 Å². The van der Waals surface area contributed by atoms with E-state index in [2.05, 4.69) is 71.1 Å². The fourth-order valence-electron chi connectivity index (χ4n) is 9.24. The van der Waals surface area contributed by atoms with Crippen LogP contribution < -0.4 is 10.6 Å². The summed E-state index contributed by atoms with van der Waals surface area (Å²) in [6.45, 7) is 2.48. The van der Waals surface area contributed by atoms with Gasteiger partial charge in [-0.3, -0.25) is 10.1 Å². The molecule has 4 fully saturated rings. The number of nitrogens with one attached hydrogen (secondary N) is 3. The Kier molecular flexibility index (Phi) is 4.94. The minimum atomic E-state index is -0.361. The number of H-pyrrole nitrogens is 1. The molecule has 3 N–H and O–H groups in total. The van der Waals surface area contributed by atoms with Gasteiger partial charge in [-0.2, -0.15) is 0 Å². The van der Waals surface area contributed by atoms with Crippen LogP contribution in [0.25, 0.3) is 10.9 Å². The van der Waals surface area contributed by atoms with Crippen molar-refractivity contribution in [1.82, 2.24) is 10.3 Å². The van der Waals surface area contributed by atoms with Gasteiger partial charge in [-0.15, -0.1) is 0 Å². The number of aromatic nitrogens is 1. The van der Waals surface area contributed by atoms with Crippen molar-refractivity contribution < 1.29 is 9.53 Å². The SMILES string of the molecule is COC(=O)[C@H]1Cc2c([nH]c3ccccc23)[C@H](c2ccc(N[C@]3(C)C[C@@H]4CC5(CC5C4CC4CC4)C3)cc2)N1. The third-order valence-corrected chi connectivity index (χ3v) is 10.9. The predicted molar refractivity (Wildman–Crippen MR) is 150 cm³/mol. The number of anilines is 1. The molecule has 38 heavy (non-hydrogen) atoms. The summed E-state index contributed by atoms with van der Waals surface area (Å²) < 4.78 is 5.14. The van der Waals surface area contributed by atoms with E-state index >= 15 is 0 Å². The molecule has 3 unspecified atom stereocenters. The van der Waals surface area contributed by atoms with Crippen LogP contribution in [0.15, 0.2) is 48.5 Å². The van der Waals surface area contributed by atoms with Crippen molar-refractivity contribution in [3.05, 3.63) is 65.4 Å². The van der Waals surface area contributed by atoms with Crippen LogP contribution in [-0.4, -0.2) is 29.6 Å². The second kappa shape index (κ2) is 8.11. The number of carbonyl (C=O) groups excluding carboxylic acids is 1. The average Bonchev–Trinajstić information content (AvgIpc) is 3.81. The summed E-state index contributed by atoms with van der Waals surface area (Å²) in [5.41, 5.74) is 6.69. The molecular weight excluding hydrogens is 470 g/mol. The van der Waals surface area contributed by atoms with Gasteiger partial charge >= 0.3 is 5.97 Å². The first-order chi connectivity index (χ1) is 18.4. The van der Waals surface area contributed by atoms with Crippen LogP contribution in [0, 0.1) is 29.1 Å². The van der Waals surface area contributed by atoms with E-state index in [0.717, 1.165) is 40.4 Å². The maximum absolute atomic E-state index is 12.6. The van der Waals surface area contributed by atoms with Crippen LogP contribution in [-0.2, 0) is 16.0 Å². The zero-order chi connectivity index (χ0) is 25.6. The maximum Gasteiger partial charge on any atom is 0.323 e. The first-order valence-corrected chi connectivity index (χ1v) is 14.8. The molecule has 4 aliphatic carbocycles. The van der Waals surface area contributed by atoms with Crippen molar-refractivity contribution in [1.29, 1.82) is 0 Å². The van der Waals surface area contributed by atoms with Gasteiger partial charge in [0, 0.05) is 34.2 Å². The molecule has 2 heterocycles. The molecule has 1 spiro atoms. The van der Waals surface area contributed by atoms with Crippen molar-refractivity contribution >= 4 is 22.6 Å². The maximum atomic E-state index is 12.6. The van der Waals surface area contributed by atoms with Crippen molar-refractivity contribution in [2.75, 3.05) is 12.4 Å². The summed E-state index contributed by atoms with van der Waals surface area (Å²) in [5, 5.41) is 8.77. The molecule has 2 bridgehead atoms. The standard InChI is InChI=1S/C33H39N3O2/c1-32(15-21-16-33(18-32)17-26(33)24(21)13-19-7-8-19)36-22-11-9-20(10-12-22)29-30-25(14-28(35-29)31(37)38-2)23-5-3-4-6-27(23)34-30/h3-6,9-12,19,21,24,26,28-29,34-36H,7-8,13-18H2,1-2H3/t21-,24?,26?,28-,29+,32-,33?/m1/s1. The monoisotopic (exact) mass is 509 g/mol. The fourth-order valence-corrected chi connectivity index (χ4v) is 9.24. The summed E-state index contributed by atoms with van der Waals surface area (Å²) in [6, 6.07) is 16.9. The molecule has 198 valence electrons. The third kappa shape index (κ3) is 3.65. The lowest BCUT2D eigenvalue weighted by molar-refractivity contribution is -0.143. The van der Waals surface area contributed by atoms with Crippen molar-refractivity contribution in [2.24, 2.45) is 29.1 Å². The molecule has 5 heteroatoms. The minimum Gasteiger partial charge on any atom is -0.468 e. The number of esters is 1. The number of hydrogen-bond acceptors (Lipinski definition) is 4. The van der Waals surface area contributed by atoms with E-state index < -0.39 is 0 Å². The Bertz CT molecular complexity index is 1410. The van der Waals surface area contributed by atoms with E-state index in [1.165, 1.54) is 68.7 Å². The number of methoxy groups -OCH3 is 1. The summed E-state index contributed by atoms with van der Waals surface area (Å²) in [5.74, 6) is 3.78. The second-order valence-electron chi connectivity index (χ2n) is 13.6. The third-order valence-electron chi connectivity index (χ3n) is 10.9. The molecule has 8 rings (SSSR count). The molecule has 3 aromatic rings. The molecular formula is C33H39N3O2. The number of ether oxygens (including phenoxy) is 1. The number of fused-ring (bicyclic) bond motifs is 4. The van der Waals surface area contributed by atoms with Gasteiger partial charge in [0.2, 0.25) is 0 Å². The number of para-hydroxylation sites is 1. The minimum absolute atomic E-state index is 0.0836. The normalized spacial score (nSPS) is 36.9. The first-order valence-electron chi connectivity index (χ1n) is 14.8. The lowest BCUT2D eigenvalue weighted by Gasteiger charge is -2.42. The van der Waals surface area contributed by atoms with E-state index in [9.17, 15) is 4.79 Å². The van der Waals surface area contributed by atoms with Gasteiger partial charge in [0.1, 0.15) is 6.04 Å². The van der Waals surface area contributed by atoms with Crippen LogP contribution in [0.5, 0.6) is 0 Å². The lowest BCUT2D eigenvalue weighted by atomic mass is 9.70. The summed E-state index contributed by atoms with van der Waals surface area (Å²) in [4.78, 5) is 16.2. The van der Waals surface area contributed by atoms with E-state index in [-0.39, 0.29) is 23.6 Å². The van der Waals surface area contributed by atoms with E-state index in [1.54, 1.807) is 0 Å². The highest BCUT2D eigenvalue weighted by Crippen LogP contribution is 2.76. The van der Waals surface area contributed by atoms with Crippen LogP contribution in [0.3, 0.4) is 0 Å². The topological polar surface area (TPSA) is 66.2 Å². The van der Waals surface area contributed by atoms with Gasteiger partial charge < -0.3 is 15.0 Å². The van der Waals surface area contributed by atoms with Crippen molar-refractivity contribution in [3.63, 3.8) is 0 Å². The van der Waals surface area contributed by atoms with E-state index in [4.69, 9.17) is 4.74 Å². The molecule has 1 aromatic heterocycles. The van der Waals surface area contributed by atoms with Crippen LogP contribution in [0.1, 0.15) is 74.7 Å². The summed E-state index contributed by atoms with van der Waals surface area (Å²) in [6.07, 6.45) is 10.7. The summed E-state index contributed by atoms with van der Waals surface area (Å²) >= 11 is 0. The predicted octanol–water partition coefficient (Wildman–Crippen LogP) is 6.35. The first kappa shape index (κ1) is 23.1. The quantitative estimate of drug-likeness (QED) is 0.339. The van der Waals surface area contributed by atoms with Crippen molar-refractivity contribution in [3.8, 4) is 0 Å². The lowest BCUT2D eigenvalue weighted by Crippen LogP contribution is -2.45. The number of aromatic amines is 1. The number of benzene rings is 2. The molecule has 0 radical (unpaired) electrons. The Balaban J connectivity index is 1.05. The van der Waals surface area contributed by atoms with Gasteiger partial charge in [0.05, 0.1) is 13.2 Å². The van der Waals surface area contributed by atoms with Gasteiger partial charge in [0.25, 0.3) is 0 Å². The van der Waals surface area contributed by atoms with Gasteiger partial charge in [-0.1, -0.05) is 43.2 Å². The average molecular weight is 510 g/mol. The molecule has 0 saturated heterocycles. The number of carbonyl (C=O) groups is 1. The molecule has 5 aliphatic rings. The highest BCUT2D eigenvalue weighted by molar-refractivity contribution is 5.87. The highest BCUT2D eigenvalue weighted by atomic mass is 16.5. The van der Waals surface area contributed by atoms with Crippen LogP contribution in [0.2, 0.25) is 0 Å². The highest BCUT2D eigenvalue weighted by Gasteiger charge is 2.69. The van der Waals surface area contributed by atoms with Crippen molar-refractivity contribution in [2.45, 2.75) is 75.9 Å². The Hall–Kier alpha value is -2.79. The molecule has 1 aliphatic heterocycles.